The minimum atomic E-state index is -3.59. The fraction of sp³-hybridized carbons (Fsp3) is 0.622. The topological polar surface area (TPSA) is 215 Å². The molecule has 1 aromatic rings. The molecule has 5 atom stereocenters. The van der Waals surface area contributed by atoms with Gasteiger partial charge >= 0.3 is 12.2 Å². The van der Waals surface area contributed by atoms with Crippen molar-refractivity contribution in [1.82, 2.24) is 24.7 Å². The number of nitrogens with one attached hydrogen (secondary N) is 2. The fourth-order valence-electron chi connectivity index (χ4n) is 7.05. The Labute approximate surface area is 320 Å². The average molecular weight is 791 g/mol. The van der Waals surface area contributed by atoms with Gasteiger partial charge < -0.3 is 30.3 Å². The zero-order valence-corrected chi connectivity index (χ0v) is 32.3. The summed E-state index contributed by atoms with van der Waals surface area (Å²) in [6.07, 6.45) is 2.64. The second-order valence-corrected chi connectivity index (χ2v) is 17.7. The Balaban J connectivity index is 1.19. The molecular weight excluding hydrogens is 740 g/mol. The van der Waals surface area contributed by atoms with E-state index in [1.807, 2.05) is 0 Å². The third-order valence-electron chi connectivity index (χ3n) is 10.2. The lowest BCUT2D eigenvalue weighted by atomic mass is 10.1. The van der Waals surface area contributed by atoms with E-state index in [0.717, 1.165) is 11.0 Å². The smallest absolute Gasteiger partial charge is 0.410 e. The molecule has 5 rings (SSSR count). The van der Waals surface area contributed by atoms with Crippen LogP contribution in [0.3, 0.4) is 0 Å². The van der Waals surface area contributed by atoms with E-state index >= 15 is 0 Å². The number of benzene rings is 1. The first kappa shape index (κ1) is 41.4. The Morgan fingerprint density at radius 2 is 1.82 bits per heavy atom. The monoisotopic (exact) mass is 790 g/mol. The van der Waals surface area contributed by atoms with Crippen LogP contribution in [0.2, 0.25) is 0 Å². The average Bonchev–Trinajstić information content (AvgIpc) is 4.02. The van der Waals surface area contributed by atoms with E-state index in [4.69, 9.17) is 15.2 Å². The largest absolute Gasteiger partial charge is 0.444 e. The number of rotatable bonds is 16. The first-order valence-electron chi connectivity index (χ1n) is 18.6. The standard InChI is InChI=1S/C37H51FN6O10S/c1-5-31(45)42(15-8-6-7-10-22-16-26(22)33(47)41-55(51,52)25-13-14-25)21-29(40-35(49)54-37(2,3)4)34(48)44-19-24(17-30(44)32(39)46)53-36(50)43-18-23-11-9-12-28(38)27(23)20-43/h5,9,11-12,22,24-26,29-30H,1,6-8,10,13-21H2,2-4H3,(H2,39,46)(H,40,49)(H,41,47). The number of hydrogen-bond acceptors (Lipinski definition) is 10. The maximum absolute atomic E-state index is 14.3. The molecule has 4 aliphatic rings. The van der Waals surface area contributed by atoms with E-state index in [1.54, 1.807) is 32.9 Å². The summed E-state index contributed by atoms with van der Waals surface area (Å²) >= 11 is 0. The maximum atomic E-state index is 14.3. The van der Waals surface area contributed by atoms with Crippen molar-refractivity contribution in [2.75, 3.05) is 19.6 Å². The van der Waals surface area contributed by atoms with Crippen LogP contribution < -0.4 is 15.8 Å². The van der Waals surface area contributed by atoms with Gasteiger partial charge in [0.1, 0.15) is 29.6 Å². The van der Waals surface area contributed by atoms with E-state index in [0.29, 0.717) is 56.1 Å². The van der Waals surface area contributed by atoms with Crippen molar-refractivity contribution in [3.05, 3.63) is 47.8 Å². The van der Waals surface area contributed by atoms with E-state index in [-0.39, 0.29) is 51.0 Å². The van der Waals surface area contributed by atoms with Crippen LogP contribution in [0.5, 0.6) is 0 Å². The van der Waals surface area contributed by atoms with Gasteiger partial charge in [-0.3, -0.25) is 28.8 Å². The number of likely N-dealkylation sites (tertiary alicyclic amines) is 1. The number of fused-ring (bicyclic) bond motifs is 1. The third-order valence-corrected chi connectivity index (χ3v) is 12.0. The highest BCUT2D eigenvalue weighted by molar-refractivity contribution is 7.90. The molecule has 1 saturated heterocycles. The van der Waals surface area contributed by atoms with Crippen LogP contribution in [0, 0.1) is 17.7 Å². The molecule has 3 fully saturated rings. The van der Waals surface area contributed by atoms with Crippen LogP contribution >= 0.6 is 0 Å². The van der Waals surface area contributed by atoms with Crippen LogP contribution in [0.1, 0.15) is 83.3 Å². The number of amides is 6. The minimum Gasteiger partial charge on any atom is -0.444 e. The van der Waals surface area contributed by atoms with Gasteiger partial charge in [-0.25, -0.2) is 22.4 Å². The van der Waals surface area contributed by atoms with Gasteiger partial charge in [0.25, 0.3) is 0 Å². The van der Waals surface area contributed by atoms with Crippen molar-refractivity contribution in [2.45, 2.75) is 114 Å². The molecular formula is C37H51FN6O10S. The second-order valence-electron chi connectivity index (χ2n) is 15.7. The quantitative estimate of drug-likeness (QED) is 0.164. The molecule has 2 heterocycles. The summed E-state index contributed by atoms with van der Waals surface area (Å²) in [5.74, 6) is -3.28. The summed E-state index contributed by atoms with van der Waals surface area (Å²) in [4.78, 5) is 82.1. The van der Waals surface area contributed by atoms with Gasteiger partial charge in [0.2, 0.25) is 33.7 Å². The lowest BCUT2D eigenvalue weighted by Gasteiger charge is -2.32. The Hall–Kier alpha value is -4.74. The number of hydrogen-bond donors (Lipinski definition) is 3. The van der Waals surface area contributed by atoms with E-state index in [9.17, 15) is 41.6 Å². The van der Waals surface area contributed by atoms with Crippen LogP contribution in [-0.4, -0.2) is 108 Å². The van der Waals surface area contributed by atoms with Crippen molar-refractivity contribution in [2.24, 2.45) is 17.6 Å². The SMILES string of the molecule is C=CC(=O)N(CCCCCC1CC1C(=O)NS(=O)(=O)C1CC1)CC(NC(=O)OC(C)(C)C)C(=O)N1CC(OC(=O)N2Cc3cccc(F)c3C2)CC1C(N)=O. The van der Waals surface area contributed by atoms with Crippen LogP contribution in [-0.2, 0) is 51.8 Å². The predicted molar refractivity (Wildman–Crippen MR) is 195 cm³/mol. The van der Waals surface area contributed by atoms with Gasteiger partial charge in [-0.2, -0.15) is 0 Å². The Morgan fingerprint density at radius 1 is 1.09 bits per heavy atom. The molecule has 16 nitrogen and oxygen atoms in total. The molecule has 18 heteroatoms. The summed E-state index contributed by atoms with van der Waals surface area (Å²) in [7, 11) is -3.59. The van der Waals surface area contributed by atoms with Crippen LogP contribution in [0.15, 0.2) is 30.9 Å². The van der Waals surface area contributed by atoms with E-state index < -0.39 is 80.7 Å². The highest BCUT2D eigenvalue weighted by atomic mass is 32.2. The van der Waals surface area contributed by atoms with Crippen molar-refractivity contribution in [3.63, 3.8) is 0 Å². The summed E-state index contributed by atoms with van der Waals surface area (Å²) < 4.78 is 51.8. The van der Waals surface area contributed by atoms with Gasteiger partial charge in [0, 0.05) is 31.0 Å². The highest BCUT2D eigenvalue weighted by Crippen LogP contribution is 2.43. The Morgan fingerprint density at radius 3 is 2.45 bits per heavy atom. The number of carbonyl (C=O) groups is 6. The number of alkyl carbamates (subject to hydrolysis) is 1. The molecule has 302 valence electrons. The van der Waals surface area contributed by atoms with Crippen molar-refractivity contribution < 1.29 is 51.0 Å². The molecule has 0 aromatic heterocycles. The zero-order chi connectivity index (χ0) is 40.2. The van der Waals surface area contributed by atoms with Gasteiger partial charge in [0.15, 0.2) is 0 Å². The third kappa shape index (κ3) is 10.9. The molecule has 1 aromatic carbocycles. The van der Waals surface area contributed by atoms with Crippen LogP contribution in [0.4, 0.5) is 14.0 Å². The summed E-state index contributed by atoms with van der Waals surface area (Å²) in [5, 5.41) is 2.06. The molecule has 4 N–H and O–H groups in total. The number of carbonyl (C=O) groups excluding carboxylic acids is 6. The summed E-state index contributed by atoms with van der Waals surface area (Å²) in [5.41, 5.74) is 5.79. The Bertz CT molecular complexity index is 1800. The molecule has 0 spiro atoms. The van der Waals surface area contributed by atoms with Gasteiger partial charge in [-0.15, -0.1) is 0 Å². The molecule has 5 unspecified atom stereocenters. The molecule has 0 radical (unpaired) electrons. The zero-order valence-electron chi connectivity index (χ0n) is 31.5. The van der Waals surface area contributed by atoms with Gasteiger partial charge in [-0.05, 0) is 76.5 Å². The second kappa shape index (κ2) is 17.0. The van der Waals surface area contributed by atoms with Gasteiger partial charge in [-0.1, -0.05) is 31.6 Å². The molecule has 2 saturated carbocycles. The number of sulfonamides is 1. The first-order chi connectivity index (χ1) is 25.9. The highest BCUT2D eigenvalue weighted by Gasteiger charge is 2.46. The van der Waals surface area contributed by atoms with E-state index in [2.05, 4.69) is 16.6 Å². The molecule has 6 amide bonds. The lowest BCUT2D eigenvalue weighted by Crippen LogP contribution is -2.57. The first-order valence-corrected chi connectivity index (χ1v) is 20.2. The van der Waals surface area contributed by atoms with Crippen molar-refractivity contribution in [1.29, 1.82) is 0 Å². The predicted octanol–water partition coefficient (Wildman–Crippen LogP) is 2.45. The normalized spacial score (nSPS) is 22.3. The number of unbranched alkanes of at least 4 members (excludes halogenated alkanes) is 2. The molecule has 0 bridgehead atoms. The molecule has 2 aliphatic heterocycles. The number of nitrogens with zero attached hydrogens (tertiary/aromatic N) is 3. The summed E-state index contributed by atoms with van der Waals surface area (Å²) in [6, 6.07) is 1.96. The van der Waals surface area contributed by atoms with Crippen LogP contribution in [0.25, 0.3) is 0 Å². The number of nitrogens with two attached hydrogens (primary N) is 1. The minimum absolute atomic E-state index is 0.00444. The lowest BCUT2D eigenvalue weighted by molar-refractivity contribution is -0.140. The maximum Gasteiger partial charge on any atom is 0.410 e. The number of primary amides is 1. The van der Waals surface area contributed by atoms with Crippen molar-refractivity contribution >= 4 is 45.8 Å². The van der Waals surface area contributed by atoms with Crippen molar-refractivity contribution in [3.8, 4) is 0 Å². The molecule has 55 heavy (non-hydrogen) atoms. The molecule has 2 aliphatic carbocycles. The Kier molecular flexibility index (Phi) is 12.8. The fourth-order valence-corrected chi connectivity index (χ4v) is 8.41. The van der Waals surface area contributed by atoms with E-state index in [1.165, 1.54) is 15.9 Å². The summed E-state index contributed by atoms with van der Waals surface area (Å²) in [6.45, 7) is 8.24. The van der Waals surface area contributed by atoms with Gasteiger partial charge in [0.05, 0.1) is 24.9 Å². The number of halogens is 1. The number of ether oxygens (including phenoxy) is 2.